The molecule has 0 saturated carbocycles. The zero-order chi connectivity index (χ0) is 14.1. The Morgan fingerprint density at radius 3 is 2.65 bits per heavy atom. The Kier molecular flexibility index (Phi) is 3.26. The van der Waals surface area contributed by atoms with Gasteiger partial charge in [0.1, 0.15) is 0 Å². The molecule has 3 rings (SSSR count). The van der Waals surface area contributed by atoms with E-state index in [2.05, 4.69) is 0 Å². The van der Waals surface area contributed by atoms with Gasteiger partial charge in [-0.2, -0.15) is 0 Å². The minimum atomic E-state index is -0.448. The topological polar surface area (TPSA) is 26.3 Å². The van der Waals surface area contributed by atoms with Crippen molar-refractivity contribution in [3.05, 3.63) is 53.8 Å². The molecule has 3 heteroatoms. The van der Waals surface area contributed by atoms with E-state index in [0.29, 0.717) is 18.4 Å². The summed E-state index contributed by atoms with van der Waals surface area (Å²) in [5.74, 6) is -0.841. The quantitative estimate of drug-likeness (QED) is 0.609. The van der Waals surface area contributed by atoms with E-state index in [-0.39, 0.29) is 17.6 Å². The van der Waals surface area contributed by atoms with Crippen LogP contribution in [0, 0.1) is 11.7 Å². The van der Waals surface area contributed by atoms with Crippen molar-refractivity contribution in [2.24, 2.45) is 5.92 Å². The summed E-state index contributed by atoms with van der Waals surface area (Å²) in [4.78, 5) is 11.8. The van der Waals surface area contributed by atoms with Crippen LogP contribution in [-0.4, -0.2) is 5.97 Å². The van der Waals surface area contributed by atoms with Gasteiger partial charge in [-0.05, 0) is 24.0 Å². The Morgan fingerprint density at radius 1 is 1.20 bits per heavy atom. The maximum atomic E-state index is 14.6. The average molecular weight is 270 g/mol. The van der Waals surface area contributed by atoms with Crippen LogP contribution < -0.4 is 4.74 Å². The van der Waals surface area contributed by atoms with E-state index in [1.54, 1.807) is 6.07 Å². The molecule has 0 aromatic heterocycles. The van der Waals surface area contributed by atoms with E-state index < -0.39 is 5.82 Å². The second-order valence-electron chi connectivity index (χ2n) is 5.01. The van der Waals surface area contributed by atoms with Gasteiger partial charge in [-0.3, -0.25) is 4.79 Å². The fraction of sp³-hybridized carbons (Fsp3) is 0.235. The van der Waals surface area contributed by atoms with Crippen LogP contribution >= 0.6 is 0 Å². The molecule has 1 aliphatic heterocycles. The Balaban J connectivity index is 2.07. The van der Waals surface area contributed by atoms with Crippen molar-refractivity contribution < 1.29 is 13.9 Å². The van der Waals surface area contributed by atoms with E-state index in [1.807, 2.05) is 43.3 Å². The number of rotatable bonds is 2. The van der Waals surface area contributed by atoms with Gasteiger partial charge in [0.25, 0.3) is 0 Å². The van der Waals surface area contributed by atoms with Crippen molar-refractivity contribution in [2.75, 3.05) is 0 Å². The number of carbonyl (C=O) groups is 1. The van der Waals surface area contributed by atoms with Gasteiger partial charge < -0.3 is 4.74 Å². The minimum Gasteiger partial charge on any atom is -0.423 e. The van der Waals surface area contributed by atoms with Crippen molar-refractivity contribution in [2.45, 2.75) is 19.8 Å². The fourth-order valence-corrected chi connectivity index (χ4v) is 2.55. The molecule has 0 radical (unpaired) electrons. The minimum absolute atomic E-state index is 0.0982. The maximum Gasteiger partial charge on any atom is 0.314 e. The monoisotopic (exact) mass is 270 g/mol. The third kappa shape index (κ3) is 2.09. The van der Waals surface area contributed by atoms with Gasteiger partial charge in [-0.15, -0.1) is 0 Å². The predicted octanol–water partition coefficient (Wildman–Crippen LogP) is 3.98. The number of benzene rings is 2. The summed E-state index contributed by atoms with van der Waals surface area (Å²) in [6.07, 6.45) is 1.26. The summed E-state index contributed by atoms with van der Waals surface area (Å²) in [5.41, 5.74) is 2.02. The number of carbonyl (C=O) groups excluding carboxylic acids is 1. The highest BCUT2D eigenvalue weighted by Crippen LogP contribution is 2.37. The second-order valence-corrected chi connectivity index (χ2v) is 5.01. The van der Waals surface area contributed by atoms with Crippen LogP contribution in [0.1, 0.15) is 18.9 Å². The van der Waals surface area contributed by atoms with E-state index in [0.717, 1.165) is 11.1 Å². The van der Waals surface area contributed by atoms with E-state index in [9.17, 15) is 9.18 Å². The van der Waals surface area contributed by atoms with E-state index >= 15 is 0 Å². The molecule has 0 saturated heterocycles. The number of ether oxygens (including phenoxy) is 1. The van der Waals surface area contributed by atoms with Gasteiger partial charge >= 0.3 is 5.97 Å². The molecule has 0 bridgehead atoms. The lowest BCUT2D eigenvalue weighted by atomic mass is 9.92. The first kappa shape index (κ1) is 12.9. The van der Waals surface area contributed by atoms with Crippen molar-refractivity contribution in [3.8, 4) is 16.9 Å². The summed E-state index contributed by atoms with van der Waals surface area (Å²) in [5, 5.41) is 0. The number of esters is 1. The number of hydrogen-bond donors (Lipinski definition) is 0. The molecule has 0 fully saturated rings. The lowest BCUT2D eigenvalue weighted by molar-refractivity contribution is -0.140. The first-order chi connectivity index (χ1) is 9.70. The average Bonchev–Trinajstić information content (AvgIpc) is 2.48. The molecule has 20 heavy (non-hydrogen) atoms. The third-order valence-corrected chi connectivity index (χ3v) is 3.76. The molecule has 0 spiro atoms. The van der Waals surface area contributed by atoms with Crippen LogP contribution in [0.3, 0.4) is 0 Å². The van der Waals surface area contributed by atoms with Crippen LogP contribution in [0.15, 0.2) is 42.5 Å². The van der Waals surface area contributed by atoms with E-state index in [1.165, 1.54) is 0 Å². The number of hydrogen-bond acceptors (Lipinski definition) is 2. The van der Waals surface area contributed by atoms with Crippen molar-refractivity contribution in [3.63, 3.8) is 0 Å². The Labute approximate surface area is 117 Å². The molecule has 0 N–H and O–H groups in total. The molecule has 102 valence electrons. The summed E-state index contributed by atoms with van der Waals surface area (Å²) >= 11 is 0. The van der Waals surface area contributed by atoms with Crippen molar-refractivity contribution in [1.82, 2.24) is 0 Å². The van der Waals surface area contributed by atoms with Crippen molar-refractivity contribution in [1.29, 1.82) is 0 Å². The van der Waals surface area contributed by atoms with Gasteiger partial charge in [-0.1, -0.05) is 49.4 Å². The normalized spacial score (nSPS) is 17.5. The summed E-state index contributed by atoms with van der Waals surface area (Å²) in [6.45, 7) is 1.94. The van der Waals surface area contributed by atoms with Gasteiger partial charge in [0, 0.05) is 5.56 Å². The second kappa shape index (κ2) is 5.08. The molecule has 0 amide bonds. The Morgan fingerprint density at radius 2 is 1.95 bits per heavy atom. The molecule has 1 aliphatic rings. The number of halogens is 1. The SMILES string of the molecule is CCC1Cc2ccc(-c3ccccc3)c(F)c2OC1=O. The van der Waals surface area contributed by atoms with Crippen LogP contribution in [0.2, 0.25) is 0 Å². The lowest BCUT2D eigenvalue weighted by Crippen LogP contribution is -2.27. The Bertz CT molecular complexity index is 650. The molecule has 1 heterocycles. The van der Waals surface area contributed by atoms with Crippen molar-refractivity contribution >= 4 is 5.97 Å². The zero-order valence-electron chi connectivity index (χ0n) is 11.2. The fourth-order valence-electron chi connectivity index (χ4n) is 2.55. The van der Waals surface area contributed by atoms with E-state index in [4.69, 9.17) is 4.74 Å². The largest absolute Gasteiger partial charge is 0.423 e. The van der Waals surface area contributed by atoms with Gasteiger partial charge in [0.2, 0.25) is 0 Å². The highest BCUT2D eigenvalue weighted by Gasteiger charge is 2.30. The summed E-state index contributed by atoms with van der Waals surface area (Å²) in [6, 6.07) is 12.9. The Hall–Kier alpha value is -2.16. The smallest absolute Gasteiger partial charge is 0.314 e. The molecule has 2 aromatic rings. The lowest BCUT2D eigenvalue weighted by Gasteiger charge is -2.23. The van der Waals surface area contributed by atoms with Gasteiger partial charge in [0.05, 0.1) is 5.92 Å². The van der Waals surface area contributed by atoms with Gasteiger partial charge in [0.15, 0.2) is 11.6 Å². The predicted molar refractivity (Wildman–Crippen MR) is 75.0 cm³/mol. The molecular formula is C17H15FO2. The van der Waals surface area contributed by atoms with Gasteiger partial charge in [-0.25, -0.2) is 4.39 Å². The molecule has 2 aromatic carbocycles. The number of fused-ring (bicyclic) bond motifs is 1. The molecule has 2 nitrogen and oxygen atoms in total. The maximum absolute atomic E-state index is 14.6. The zero-order valence-corrected chi connectivity index (χ0v) is 11.2. The summed E-state index contributed by atoms with van der Waals surface area (Å²) in [7, 11) is 0. The third-order valence-electron chi connectivity index (χ3n) is 3.76. The van der Waals surface area contributed by atoms with Crippen LogP contribution in [0.4, 0.5) is 4.39 Å². The summed E-state index contributed by atoms with van der Waals surface area (Å²) < 4.78 is 19.8. The highest BCUT2D eigenvalue weighted by atomic mass is 19.1. The molecule has 0 aliphatic carbocycles. The molecular weight excluding hydrogens is 255 g/mol. The first-order valence-corrected chi connectivity index (χ1v) is 6.79. The molecule has 1 atom stereocenters. The first-order valence-electron chi connectivity index (χ1n) is 6.79. The van der Waals surface area contributed by atoms with Crippen LogP contribution in [0.25, 0.3) is 11.1 Å². The van der Waals surface area contributed by atoms with Crippen LogP contribution in [-0.2, 0) is 11.2 Å². The van der Waals surface area contributed by atoms with Crippen LogP contribution in [0.5, 0.6) is 5.75 Å². The highest BCUT2D eigenvalue weighted by molar-refractivity contribution is 5.79. The standard InChI is InChI=1S/C17H15FO2/c1-2-11-10-13-8-9-14(12-6-4-3-5-7-12)15(18)16(13)20-17(11)19/h3-9,11H,2,10H2,1H3. The molecule has 1 unspecified atom stereocenters.